The number of unbranched alkanes of at least 4 members (excludes halogenated alkanes) is 48. The van der Waals surface area contributed by atoms with E-state index in [1.165, 1.54) is 289 Å². The van der Waals surface area contributed by atoms with Crippen LogP contribution in [-0.4, -0.2) is 73.4 Å². The zero-order valence-electron chi connectivity index (χ0n) is 51.3. The molecule has 9 heteroatoms. The second-order valence-electron chi connectivity index (χ2n) is 24.6. The van der Waals surface area contributed by atoms with E-state index in [2.05, 4.69) is 31.3 Å². The number of aliphatic hydroxyl groups is 1. The number of carbonyl (C=O) groups is 1. The molecule has 0 spiro atoms. The third-order valence-corrected chi connectivity index (χ3v) is 16.7. The molecule has 0 heterocycles. The van der Waals surface area contributed by atoms with Gasteiger partial charge < -0.3 is 19.8 Å². The van der Waals surface area contributed by atoms with E-state index >= 15 is 0 Å². The Kier molecular flexibility index (Phi) is 57.3. The maximum absolute atomic E-state index is 13.0. The number of carbonyl (C=O) groups excluding carboxylic acids is 1. The van der Waals surface area contributed by atoms with Gasteiger partial charge in [0.05, 0.1) is 39.9 Å². The van der Waals surface area contributed by atoms with E-state index in [1.807, 2.05) is 21.1 Å². The van der Waals surface area contributed by atoms with E-state index in [1.54, 1.807) is 0 Å². The van der Waals surface area contributed by atoms with Crippen LogP contribution in [0.4, 0.5) is 0 Å². The molecule has 8 nitrogen and oxygen atoms in total. The van der Waals surface area contributed by atoms with E-state index in [-0.39, 0.29) is 19.1 Å². The summed E-state index contributed by atoms with van der Waals surface area (Å²) in [5.74, 6) is -0.135. The molecule has 0 bridgehead atoms. The van der Waals surface area contributed by atoms with Crippen LogP contribution in [0.2, 0.25) is 0 Å². The highest BCUT2D eigenvalue weighted by molar-refractivity contribution is 7.47. The normalized spacial score (nSPS) is 13.7. The Morgan fingerprint density at radius 1 is 0.440 bits per heavy atom. The van der Waals surface area contributed by atoms with Crippen LogP contribution in [0.3, 0.4) is 0 Å². The molecule has 3 atom stereocenters. The number of hydrogen-bond acceptors (Lipinski definition) is 5. The first-order valence-corrected chi connectivity index (χ1v) is 35.0. The summed E-state index contributed by atoms with van der Waals surface area (Å²) in [5, 5.41) is 14.1. The largest absolute Gasteiger partial charge is 0.472 e. The minimum absolute atomic E-state index is 0.0784. The molecular formula is C66H134N2O6P+. The van der Waals surface area contributed by atoms with Crippen molar-refractivity contribution < 1.29 is 32.9 Å². The lowest BCUT2D eigenvalue weighted by molar-refractivity contribution is -0.870. The number of quaternary nitrogens is 1. The third-order valence-electron chi connectivity index (χ3n) is 15.8. The Labute approximate surface area is 469 Å². The van der Waals surface area contributed by atoms with Crippen LogP contribution >= 0.6 is 7.82 Å². The maximum atomic E-state index is 13.0. The molecule has 0 aromatic rings. The van der Waals surface area contributed by atoms with Gasteiger partial charge in [-0.1, -0.05) is 321 Å². The molecule has 0 aliphatic heterocycles. The number of rotatable bonds is 63. The van der Waals surface area contributed by atoms with Gasteiger partial charge in [0, 0.05) is 6.42 Å². The molecule has 1 amide bonds. The van der Waals surface area contributed by atoms with Crippen LogP contribution < -0.4 is 5.32 Å². The van der Waals surface area contributed by atoms with Gasteiger partial charge in [0.2, 0.25) is 5.91 Å². The van der Waals surface area contributed by atoms with Gasteiger partial charge in [-0.3, -0.25) is 13.8 Å². The Hall–Kier alpha value is -0.760. The van der Waals surface area contributed by atoms with Gasteiger partial charge in [-0.25, -0.2) is 4.57 Å². The molecule has 0 fully saturated rings. The number of phosphoric ester groups is 1. The van der Waals surface area contributed by atoms with Gasteiger partial charge in [-0.2, -0.15) is 0 Å². The van der Waals surface area contributed by atoms with Crippen LogP contribution in [0.25, 0.3) is 0 Å². The van der Waals surface area contributed by atoms with E-state index in [0.29, 0.717) is 23.9 Å². The number of allylic oxidation sites excluding steroid dienone is 2. The smallest absolute Gasteiger partial charge is 0.391 e. The predicted molar refractivity (Wildman–Crippen MR) is 328 cm³/mol. The summed E-state index contributed by atoms with van der Waals surface area (Å²) < 4.78 is 23.9. The Morgan fingerprint density at radius 3 is 1.03 bits per heavy atom. The Morgan fingerprint density at radius 2 is 0.720 bits per heavy atom. The van der Waals surface area contributed by atoms with Gasteiger partial charge >= 0.3 is 7.82 Å². The average molecular weight is 1080 g/mol. The maximum Gasteiger partial charge on any atom is 0.472 e. The second-order valence-corrected chi connectivity index (χ2v) is 26.0. The van der Waals surface area contributed by atoms with E-state index < -0.39 is 20.0 Å². The number of amides is 1. The number of likely N-dealkylation sites (N-methyl/N-ethyl adjacent to an activating group) is 1. The van der Waals surface area contributed by atoms with Crippen LogP contribution in [0, 0.1) is 0 Å². The van der Waals surface area contributed by atoms with Crippen molar-refractivity contribution in [3.63, 3.8) is 0 Å². The first kappa shape index (κ1) is 74.2. The molecule has 0 aliphatic carbocycles. The lowest BCUT2D eigenvalue weighted by Gasteiger charge is -2.26. The standard InChI is InChI=1S/C66H133N2O6P/c1-6-8-10-12-14-16-18-20-22-24-26-28-29-30-31-32-33-34-35-36-37-38-39-40-42-44-46-48-50-52-54-56-58-60-66(70)67-64(63-74-75(71,72)73-62-61-68(3,4)5)65(69)59-57-55-53-51-49-47-45-43-41-27-25-23-21-19-17-15-13-11-9-7-2/h24,26,64-65,69H,6-23,25,27-63H2,1-5H3,(H-,67,70,71,72)/p+1/b26-24-. The molecular weight excluding hydrogens is 948 g/mol. The van der Waals surface area contributed by atoms with E-state index in [0.717, 1.165) is 38.5 Å². The molecule has 0 aromatic heterocycles. The zero-order chi connectivity index (χ0) is 54.9. The van der Waals surface area contributed by atoms with Crippen molar-refractivity contribution in [2.75, 3.05) is 40.9 Å². The van der Waals surface area contributed by atoms with E-state index in [4.69, 9.17) is 9.05 Å². The van der Waals surface area contributed by atoms with Gasteiger partial charge in [-0.05, 0) is 38.5 Å². The number of nitrogens with one attached hydrogen (secondary N) is 1. The van der Waals surface area contributed by atoms with Gasteiger partial charge in [0.1, 0.15) is 13.2 Å². The quantitative estimate of drug-likeness (QED) is 0.0243. The summed E-state index contributed by atoms with van der Waals surface area (Å²) in [5.41, 5.74) is 0. The van der Waals surface area contributed by atoms with Crippen LogP contribution in [0.1, 0.15) is 354 Å². The number of phosphoric acid groups is 1. The Bertz CT molecular complexity index is 1230. The minimum Gasteiger partial charge on any atom is -0.391 e. The lowest BCUT2D eigenvalue weighted by atomic mass is 10.0. The van der Waals surface area contributed by atoms with E-state index in [9.17, 15) is 19.4 Å². The zero-order valence-corrected chi connectivity index (χ0v) is 52.2. The molecule has 0 rings (SSSR count). The second kappa shape index (κ2) is 57.9. The minimum atomic E-state index is -4.32. The highest BCUT2D eigenvalue weighted by atomic mass is 31.2. The van der Waals surface area contributed by atoms with Crippen molar-refractivity contribution in [2.24, 2.45) is 0 Å². The van der Waals surface area contributed by atoms with Crippen molar-refractivity contribution in [1.29, 1.82) is 0 Å². The summed E-state index contributed by atoms with van der Waals surface area (Å²) >= 11 is 0. The van der Waals surface area contributed by atoms with Crippen molar-refractivity contribution in [3.8, 4) is 0 Å². The molecule has 0 radical (unpaired) electrons. The topological polar surface area (TPSA) is 105 Å². The molecule has 0 saturated carbocycles. The SMILES string of the molecule is CCCCCCCCCC/C=C\CCCCCCCCCCCCCCCCCCCCCCCC(=O)NC(COP(=O)(O)OCC[N+](C)(C)C)C(O)CCCCCCCCCCCCCCCCCCCCCC. The van der Waals surface area contributed by atoms with Crippen molar-refractivity contribution in [1.82, 2.24) is 5.32 Å². The molecule has 3 N–H and O–H groups in total. The van der Waals surface area contributed by atoms with Crippen molar-refractivity contribution in [2.45, 2.75) is 366 Å². The highest BCUT2D eigenvalue weighted by Crippen LogP contribution is 2.43. The number of hydrogen-bond donors (Lipinski definition) is 3. The van der Waals surface area contributed by atoms with Gasteiger partial charge in [-0.15, -0.1) is 0 Å². The first-order chi connectivity index (χ1) is 36.5. The lowest BCUT2D eigenvalue weighted by Crippen LogP contribution is -2.46. The number of nitrogens with zero attached hydrogens (tertiary/aromatic N) is 1. The third kappa shape index (κ3) is 60.7. The molecule has 0 aromatic carbocycles. The number of aliphatic hydroxyl groups excluding tert-OH is 1. The summed E-state index contributed by atoms with van der Waals surface area (Å²) in [6.45, 7) is 4.95. The summed E-state index contributed by atoms with van der Waals surface area (Å²) in [7, 11) is 1.64. The average Bonchev–Trinajstić information content (AvgIpc) is 3.37. The van der Waals surface area contributed by atoms with Crippen molar-refractivity contribution >= 4 is 13.7 Å². The molecule has 3 unspecified atom stereocenters. The molecule has 0 aliphatic rings. The van der Waals surface area contributed by atoms with Gasteiger partial charge in [0.25, 0.3) is 0 Å². The first-order valence-electron chi connectivity index (χ1n) is 33.6. The summed E-state index contributed by atoms with van der Waals surface area (Å²) in [4.78, 5) is 23.4. The fourth-order valence-electron chi connectivity index (χ4n) is 10.5. The van der Waals surface area contributed by atoms with Crippen molar-refractivity contribution in [3.05, 3.63) is 12.2 Å². The predicted octanol–water partition coefficient (Wildman–Crippen LogP) is 20.9. The Balaban J connectivity index is 3.97. The molecule has 0 saturated heterocycles. The molecule has 448 valence electrons. The fourth-order valence-corrected chi connectivity index (χ4v) is 11.3. The van der Waals surface area contributed by atoms with Gasteiger partial charge in [0.15, 0.2) is 0 Å². The molecule has 75 heavy (non-hydrogen) atoms. The summed E-state index contributed by atoms with van der Waals surface area (Å²) in [6.07, 6.45) is 73.0. The highest BCUT2D eigenvalue weighted by Gasteiger charge is 2.28. The monoisotopic (exact) mass is 1080 g/mol. The van der Waals surface area contributed by atoms with Crippen LogP contribution in [-0.2, 0) is 18.4 Å². The summed E-state index contributed by atoms with van der Waals surface area (Å²) in [6, 6.07) is -0.757. The van der Waals surface area contributed by atoms with Crippen LogP contribution in [0.5, 0.6) is 0 Å². The fraction of sp³-hybridized carbons (Fsp3) is 0.955. The van der Waals surface area contributed by atoms with Crippen LogP contribution in [0.15, 0.2) is 12.2 Å².